The average Bonchev–Trinajstić information content (AvgIpc) is 3.03. The number of hydrogen-bond donors (Lipinski definition) is 0. The first-order valence-electron chi connectivity index (χ1n) is 5.26. The van der Waals surface area contributed by atoms with Crippen LogP contribution >= 0.6 is 0 Å². The molecule has 0 aromatic heterocycles. The first-order chi connectivity index (χ1) is 7.59. The second-order valence-electron chi connectivity index (χ2n) is 4.13. The van der Waals surface area contributed by atoms with Crippen LogP contribution in [-0.2, 0) is 0 Å². The Morgan fingerprint density at radius 1 is 1.44 bits per heavy atom. The SMILES string of the molecule is CN(C)C(=O)c1cccc(F)c1OC1CC1. The Balaban J connectivity index is 2.34. The van der Waals surface area contributed by atoms with E-state index in [0.29, 0.717) is 0 Å². The predicted octanol–water partition coefficient (Wildman–Crippen LogP) is 2.07. The van der Waals surface area contributed by atoms with Crippen LogP contribution in [0.15, 0.2) is 18.2 Å². The maximum atomic E-state index is 13.6. The van der Waals surface area contributed by atoms with Crippen LogP contribution in [0.5, 0.6) is 5.75 Å². The van der Waals surface area contributed by atoms with Crippen molar-refractivity contribution in [1.29, 1.82) is 0 Å². The molecule has 1 saturated carbocycles. The van der Waals surface area contributed by atoms with Crippen LogP contribution in [0.1, 0.15) is 23.2 Å². The van der Waals surface area contributed by atoms with Crippen molar-refractivity contribution >= 4 is 5.91 Å². The third-order valence-corrected chi connectivity index (χ3v) is 2.41. The van der Waals surface area contributed by atoms with Gasteiger partial charge in [-0.1, -0.05) is 6.07 Å². The monoisotopic (exact) mass is 223 g/mol. The van der Waals surface area contributed by atoms with Crippen LogP contribution in [0.4, 0.5) is 4.39 Å². The molecule has 16 heavy (non-hydrogen) atoms. The molecular formula is C12H14FNO2. The number of carbonyl (C=O) groups is 1. The molecule has 4 heteroatoms. The first kappa shape index (κ1) is 10.9. The van der Waals surface area contributed by atoms with Gasteiger partial charge in [0.25, 0.3) is 5.91 Å². The highest BCUT2D eigenvalue weighted by Gasteiger charge is 2.27. The fraction of sp³-hybridized carbons (Fsp3) is 0.417. The summed E-state index contributed by atoms with van der Waals surface area (Å²) >= 11 is 0. The average molecular weight is 223 g/mol. The maximum absolute atomic E-state index is 13.6. The van der Waals surface area contributed by atoms with E-state index in [1.54, 1.807) is 20.2 Å². The van der Waals surface area contributed by atoms with Crippen LogP contribution < -0.4 is 4.74 Å². The highest BCUT2D eigenvalue weighted by Crippen LogP contribution is 2.31. The van der Waals surface area contributed by atoms with Gasteiger partial charge in [0.2, 0.25) is 0 Å². The molecule has 0 bridgehead atoms. The summed E-state index contributed by atoms with van der Waals surface area (Å²) in [5.41, 5.74) is 0.289. The third kappa shape index (κ3) is 2.15. The summed E-state index contributed by atoms with van der Waals surface area (Å²) in [6, 6.07) is 4.42. The van der Waals surface area contributed by atoms with E-state index in [1.165, 1.54) is 17.0 Å². The minimum absolute atomic E-state index is 0.0746. The van der Waals surface area contributed by atoms with Gasteiger partial charge in [0.15, 0.2) is 11.6 Å². The molecule has 1 fully saturated rings. The van der Waals surface area contributed by atoms with Crippen molar-refractivity contribution in [1.82, 2.24) is 4.90 Å². The molecule has 3 nitrogen and oxygen atoms in total. The molecule has 1 amide bonds. The number of ether oxygens (including phenoxy) is 1. The smallest absolute Gasteiger partial charge is 0.257 e. The molecule has 1 aromatic carbocycles. The molecule has 0 heterocycles. The van der Waals surface area contributed by atoms with Crippen LogP contribution in [0.3, 0.4) is 0 Å². The van der Waals surface area contributed by atoms with Gasteiger partial charge >= 0.3 is 0 Å². The summed E-state index contributed by atoms with van der Waals surface area (Å²) in [7, 11) is 3.27. The van der Waals surface area contributed by atoms with E-state index < -0.39 is 5.82 Å². The van der Waals surface area contributed by atoms with Crippen molar-refractivity contribution in [2.75, 3.05) is 14.1 Å². The third-order valence-electron chi connectivity index (χ3n) is 2.41. The molecule has 0 saturated heterocycles. The number of carbonyl (C=O) groups excluding carboxylic acids is 1. The Kier molecular flexibility index (Phi) is 2.81. The fourth-order valence-electron chi connectivity index (χ4n) is 1.39. The Bertz CT molecular complexity index is 413. The van der Waals surface area contributed by atoms with Gasteiger partial charge in [-0.15, -0.1) is 0 Å². The van der Waals surface area contributed by atoms with Gasteiger partial charge in [-0.25, -0.2) is 4.39 Å². The Hall–Kier alpha value is -1.58. The number of para-hydroxylation sites is 1. The summed E-state index contributed by atoms with van der Waals surface area (Å²) in [6.45, 7) is 0. The van der Waals surface area contributed by atoms with Gasteiger partial charge in [-0.2, -0.15) is 0 Å². The molecule has 0 N–H and O–H groups in total. The zero-order chi connectivity index (χ0) is 11.7. The van der Waals surface area contributed by atoms with E-state index in [2.05, 4.69) is 0 Å². The second kappa shape index (κ2) is 4.12. The lowest BCUT2D eigenvalue weighted by Crippen LogP contribution is -2.23. The predicted molar refractivity (Wildman–Crippen MR) is 58.1 cm³/mol. The van der Waals surface area contributed by atoms with Crippen molar-refractivity contribution in [2.24, 2.45) is 0 Å². The quantitative estimate of drug-likeness (QED) is 0.785. The highest BCUT2D eigenvalue weighted by molar-refractivity contribution is 5.96. The molecule has 86 valence electrons. The van der Waals surface area contributed by atoms with E-state index in [9.17, 15) is 9.18 Å². The van der Waals surface area contributed by atoms with Gasteiger partial charge < -0.3 is 9.64 Å². The minimum Gasteiger partial charge on any atom is -0.487 e. The number of halogens is 1. The van der Waals surface area contributed by atoms with E-state index in [4.69, 9.17) is 4.74 Å². The van der Waals surface area contributed by atoms with E-state index in [-0.39, 0.29) is 23.3 Å². The molecule has 2 rings (SSSR count). The first-order valence-corrected chi connectivity index (χ1v) is 5.26. The zero-order valence-electron chi connectivity index (χ0n) is 9.37. The molecule has 0 radical (unpaired) electrons. The molecule has 0 aliphatic heterocycles. The van der Waals surface area contributed by atoms with Gasteiger partial charge in [-0.05, 0) is 25.0 Å². The molecule has 1 aliphatic carbocycles. The standard InChI is InChI=1S/C12H14FNO2/c1-14(2)12(15)9-4-3-5-10(13)11(9)16-8-6-7-8/h3-5,8H,6-7H2,1-2H3. The van der Waals surface area contributed by atoms with E-state index in [0.717, 1.165) is 12.8 Å². The lowest BCUT2D eigenvalue weighted by Gasteiger charge is -2.15. The normalized spacial score (nSPS) is 14.7. The van der Waals surface area contributed by atoms with Gasteiger partial charge in [0.1, 0.15) is 0 Å². The number of hydrogen-bond acceptors (Lipinski definition) is 2. The topological polar surface area (TPSA) is 29.5 Å². The van der Waals surface area contributed by atoms with E-state index >= 15 is 0 Å². The largest absolute Gasteiger partial charge is 0.487 e. The Morgan fingerprint density at radius 2 is 2.12 bits per heavy atom. The van der Waals surface area contributed by atoms with Crippen molar-refractivity contribution < 1.29 is 13.9 Å². The molecular weight excluding hydrogens is 209 g/mol. The maximum Gasteiger partial charge on any atom is 0.257 e. The van der Waals surface area contributed by atoms with Gasteiger partial charge in [-0.3, -0.25) is 4.79 Å². The fourth-order valence-corrected chi connectivity index (χ4v) is 1.39. The van der Waals surface area contributed by atoms with Crippen LogP contribution in [0.25, 0.3) is 0 Å². The van der Waals surface area contributed by atoms with Crippen LogP contribution in [0, 0.1) is 5.82 Å². The van der Waals surface area contributed by atoms with Gasteiger partial charge in [0, 0.05) is 14.1 Å². The summed E-state index contributed by atoms with van der Waals surface area (Å²) in [5, 5.41) is 0. The minimum atomic E-state index is -0.473. The summed E-state index contributed by atoms with van der Waals surface area (Å²) in [4.78, 5) is 13.2. The number of rotatable bonds is 3. The van der Waals surface area contributed by atoms with Crippen molar-refractivity contribution in [2.45, 2.75) is 18.9 Å². The molecule has 0 unspecified atom stereocenters. The summed E-state index contributed by atoms with van der Waals surface area (Å²) in [6.07, 6.45) is 1.94. The zero-order valence-corrected chi connectivity index (χ0v) is 9.37. The summed E-state index contributed by atoms with van der Waals surface area (Å²) in [5.74, 6) is -0.626. The van der Waals surface area contributed by atoms with E-state index in [1.807, 2.05) is 0 Å². The Labute approximate surface area is 93.8 Å². The van der Waals surface area contributed by atoms with Crippen molar-refractivity contribution in [3.63, 3.8) is 0 Å². The van der Waals surface area contributed by atoms with Crippen molar-refractivity contribution in [3.05, 3.63) is 29.6 Å². The Morgan fingerprint density at radius 3 is 2.69 bits per heavy atom. The second-order valence-corrected chi connectivity index (χ2v) is 4.13. The number of benzene rings is 1. The van der Waals surface area contributed by atoms with Crippen LogP contribution in [0.2, 0.25) is 0 Å². The van der Waals surface area contributed by atoms with Crippen molar-refractivity contribution in [3.8, 4) is 5.75 Å². The number of amides is 1. The lowest BCUT2D eigenvalue weighted by atomic mass is 10.1. The van der Waals surface area contributed by atoms with Gasteiger partial charge in [0.05, 0.1) is 11.7 Å². The molecule has 1 aliphatic rings. The van der Waals surface area contributed by atoms with Crippen LogP contribution in [-0.4, -0.2) is 31.0 Å². The number of nitrogens with zero attached hydrogens (tertiary/aromatic N) is 1. The summed E-state index contributed by atoms with van der Waals surface area (Å²) < 4.78 is 19.0. The molecule has 1 aromatic rings. The molecule has 0 spiro atoms. The lowest BCUT2D eigenvalue weighted by molar-refractivity contribution is 0.0821. The highest BCUT2D eigenvalue weighted by atomic mass is 19.1. The molecule has 0 atom stereocenters.